The first-order valence-electron chi connectivity index (χ1n) is 9.99. The summed E-state index contributed by atoms with van der Waals surface area (Å²) in [6.45, 7) is 5.75. The minimum absolute atomic E-state index is 0.0322. The number of benzene rings is 1. The molecule has 2 unspecified atom stereocenters. The highest BCUT2D eigenvalue weighted by Gasteiger charge is 2.26. The summed E-state index contributed by atoms with van der Waals surface area (Å²) in [4.78, 5) is 8.77. The van der Waals surface area contributed by atoms with Crippen LogP contribution in [-0.2, 0) is 15.9 Å². The van der Waals surface area contributed by atoms with Crippen LogP contribution in [0, 0.1) is 0 Å². The number of nitrogens with one attached hydrogen (secondary N) is 1. The molecular formula is C21H27N5O2. The monoisotopic (exact) mass is 381 g/mol. The van der Waals surface area contributed by atoms with Crippen molar-refractivity contribution in [1.29, 1.82) is 0 Å². The zero-order valence-electron chi connectivity index (χ0n) is 16.4. The summed E-state index contributed by atoms with van der Waals surface area (Å²) >= 11 is 0. The second-order valence-electron chi connectivity index (χ2n) is 7.17. The number of nitrogens with zero attached hydrogens (tertiary/aromatic N) is 4. The van der Waals surface area contributed by atoms with Gasteiger partial charge in [-0.1, -0.05) is 37.3 Å². The SMILES string of the molecule is CCc1cc(NC(C)C(OC2CCOCC2)c2ccccc2)n2ncnc2n1. The number of anilines is 1. The van der Waals surface area contributed by atoms with Crippen molar-refractivity contribution >= 4 is 11.6 Å². The van der Waals surface area contributed by atoms with Gasteiger partial charge in [0.25, 0.3) is 5.78 Å². The number of fused-ring (bicyclic) bond motifs is 1. The largest absolute Gasteiger partial charge is 0.381 e. The molecule has 2 atom stereocenters. The van der Waals surface area contributed by atoms with E-state index < -0.39 is 0 Å². The maximum atomic E-state index is 6.56. The van der Waals surface area contributed by atoms with E-state index in [1.807, 2.05) is 12.1 Å². The molecule has 2 aromatic heterocycles. The van der Waals surface area contributed by atoms with Gasteiger partial charge in [0.1, 0.15) is 18.2 Å². The summed E-state index contributed by atoms with van der Waals surface area (Å²) in [5.74, 6) is 1.49. The maximum absolute atomic E-state index is 6.56. The van der Waals surface area contributed by atoms with E-state index in [0.717, 1.165) is 49.6 Å². The molecule has 0 spiro atoms. The molecule has 1 aromatic carbocycles. The average Bonchev–Trinajstić information content (AvgIpc) is 3.22. The van der Waals surface area contributed by atoms with Gasteiger partial charge in [0.15, 0.2) is 0 Å². The highest BCUT2D eigenvalue weighted by atomic mass is 16.5. The zero-order chi connectivity index (χ0) is 19.3. The van der Waals surface area contributed by atoms with Crippen molar-refractivity contribution in [3.63, 3.8) is 0 Å². The van der Waals surface area contributed by atoms with Crippen LogP contribution in [0.1, 0.15) is 44.1 Å². The summed E-state index contributed by atoms with van der Waals surface area (Å²) in [7, 11) is 0. The lowest BCUT2D eigenvalue weighted by Gasteiger charge is -2.32. The molecule has 148 valence electrons. The van der Waals surface area contributed by atoms with Gasteiger partial charge >= 0.3 is 0 Å². The molecule has 3 aromatic rings. The summed E-state index contributed by atoms with van der Waals surface area (Å²) in [5.41, 5.74) is 2.14. The lowest BCUT2D eigenvalue weighted by atomic mass is 10.0. The Morgan fingerprint density at radius 2 is 2.04 bits per heavy atom. The first kappa shape index (κ1) is 18.8. The molecule has 0 bridgehead atoms. The van der Waals surface area contributed by atoms with E-state index in [4.69, 9.17) is 9.47 Å². The van der Waals surface area contributed by atoms with E-state index in [-0.39, 0.29) is 18.2 Å². The van der Waals surface area contributed by atoms with Crippen LogP contribution < -0.4 is 5.32 Å². The molecular weight excluding hydrogens is 354 g/mol. The van der Waals surface area contributed by atoms with E-state index in [1.165, 1.54) is 6.33 Å². The molecule has 1 N–H and O–H groups in total. The standard InChI is InChI=1S/C21H27N5O2/c1-3-17-13-19(26-21(25-17)22-14-23-26)24-15(2)20(16-7-5-4-6-8-16)28-18-9-11-27-12-10-18/h4-8,13-15,18,20,24H,3,9-12H2,1-2H3. The first-order valence-corrected chi connectivity index (χ1v) is 9.99. The van der Waals surface area contributed by atoms with Crippen LogP contribution in [0.25, 0.3) is 5.78 Å². The highest BCUT2D eigenvalue weighted by Crippen LogP contribution is 2.28. The number of hydrogen-bond acceptors (Lipinski definition) is 6. The second-order valence-corrected chi connectivity index (χ2v) is 7.17. The van der Waals surface area contributed by atoms with Crippen molar-refractivity contribution in [3.05, 3.63) is 54.0 Å². The number of aryl methyl sites for hydroxylation is 1. The second kappa shape index (κ2) is 8.67. The van der Waals surface area contributed by atoms with Crippen LogP contribution in [0.15, 0.2) is 42.7 Å². The molecule has 0 saturated carbocycles. The average molecular weight is 381 g/mol. The molecule has 0 amide bonds. The molecule has 3 heterocycles. The quantitative estimate of drug-likeness (QED) is 0.676. The van der Waals surface area contributed by atoms with Crippen LogP contribution in [0.2, 0.25) is 0 Å². The topological polar surface area (TPSA) is 73.6 Å². The van der Waals surface area contributed by atoms with Crippen molar-refractivity contribution in [2.75, 3.05) is 18.5 Å². The van der Waals surface area contributed by atoms with E-state index in [0.29, 0.717) is 5.78 Å². The van der Waals surface area contributed by atoms with Crippen molar-refractivity contribution in [2.24, 2.45) is 0 Å². The Balaban J connectivity index is 1.60. The van der Waals surface area contributed by atoms with Gasteiger partial charge in [0.2, 0.25) is 0 Å². The number of hydrogen-bond donors (Lipinski definition) is 1. The first-order chi connectivity index (χ1) is 13.7. The van der Waals surface area contributed by atoms with Crippen molar-refractivity contribution in [1.82, 2.24) is 19.6 Å². The highest BCUT2D eigenvalue weighted by molar-refractivity contribution is 5.46. The van der Waals surface area contributed by atoms with Gasteiger partial charge in [-0.05, 0) is 31.7 Å². The lowest BCUT2D eigenvalue weighted by Crippen LogP contribution is -2.33. The molecule has 7 heteroatoms. The molecule has 28 heavy (non-hydrogen) atoms. The Kier molecular flexibility index (Phi) is 5.83. The molecule has 0 radical (unpaired) electrons. The fourth-order valence-electron chi connectivity index (χ4n) is 3.60. The minimum atomic E-state index is -0.0823. The van der Waals surface area contributed by atoms with Crippen molar-refractivity contribution < 1.29 is 9.47 Å². The molecule has 7 nitrogen and oxygen atoms in total. The van der Waals surface area contributed by atoms with Gasteiger partial charge in [-0.15, -0.1) is 0 Å². The van der Waals surface area contributed by atoms with Gasteiger partial charge in [0.05, 0.1) is 12.1 Å². The van der Waals surface area contributed by atoms with Gasteiger partial charge in [-0.25, -0.2) is 4.98 Å². The molecule has 1 saturated heterocycles. The Morgan fingerprint density at radius 1 is 1.25 bits per heavy atom. The van der Waals surface area contributed by atoms with E-state index in [1.54, 1.807) is 4.52 Å². The van der Waals surface area contributed by atoms with Gasteiger partial charge in [0, 0.05) is 25.0 Å². The fraction of sp³-hybridized carbons (Fsp3) is 0.476. The third-order valence-electron chi connectivity index (χ3n) is 5.13. The van der Waals surface area contributed by atoms with E-state index >= 15 is 0 Å². The molecule has 1 aliphatic rings. The minimum Gasteiger partial charge on any atom is -0.381 e. The third kappa shape index (κ3) is 4.15. The van der Waals surface area contributed by atoms with Gasteiger partial charge in [-0.3, -0.25) is 0 Å². The predicted octanol–water partition coefficient (Wildman–Crippen LogP) is 3.42. The summed E-state index contributed by atoms with van der Waals surface area (Å²) < 4.78 is 13.8. The van der Waals surface area contributed by atoms with Crippen molar-refractivity contribution in [3.8, 4) is 0 Å². The zero-order valence-corrected chi connectivity index (χ0v) is 16.4. The molecule has 0 aliphatic carbocycles. The van der Waals surface area contributed by atoms with Crippen LogP contribution in [0.3, 0.4) is 0 Å². The number of rotatable bonds is 7. The fourth-order valence-corrected chi connectivity index (χ4v) is 3.60. The lowest BCUT2D eigenvalue weighted by molar-refractivity contribution is -0.0739. The predicted molar refractivity (Wildman–Crippen MR) is 107 cm³/mol. The molecule has 1 fully saturated rings. The molecule has 1 aliphatic heterocycles. The maximum Gasteiger partial charge on any atom is 0.254 e. The van der Waals surface area contributed by atoms with E-state index in [9.17, 15) is 0 Å². The summed E-state index contributed by atoms with van der Waals surface area (Å²) in [5, 5.41) is 7.92. The molecule has 4 rings (SSSR count). The normalized spacial score (nSPS) is 17.5. The Morgan fingerprint density at radius 3 is 2.79 bits per heavy atom. The van der Waals surface area contributed by atoms with Crippen LogP contribution in [0.4, 0.5) is 5.82 Å². The van der Waals surface area contributed by atoms with Gasteiger partial charge in [-0.2, -0.15) is 14.6 Å². The third-order valence-corrected chi connectivity index (χ3v) is 5.13. The summed E-state index contributed by atoms with van der Waals surface area (Å²) in [6, 6.07) is 12.5. The smallest absolute Gasteiger partial charge is 0.254 e. The number of aromatic nitrogens is 4. The Hall–Kier alpha value is -2.51. The van der Waals surface area contributed by atoms with Gasteiger partial charge < -0.3 is 14.8 Å². The summed E-state index contributed by atoms with van der Waals surface area (Å²) in [6.07, 6.45) is 4.36. The van der Waals surface area contributed by atoms with E-state index in [2.05, 4.69) is 58.5 Å². The van der Waals surface area contributed by atoms with Crippen LogP contribution in [0.5, 0.6) is 0 Å². The van der Waals surface area contributed by atoms with Crippen LogP contribution in [-0.4, -0.2) is 44.9 Å². The Bertz CT molecular complexity index is 892. The van der Waals surface area contributed by atoms with Crippen molar-refractivity contribution in [2.45, 2.75) is 51.4 Å². The number of ether oxygens (including phenoxy) is 2. The van der Waals surface area contributed by atoms with Crippen LogP contribution >= 0.6 is 0 Å². The Labute approximate surface area is 165 Å².